The van der Waals surface area contributed by atoms with Gasteiger partial charge in [-0.15, -0.1) is 11.3 Å². The van der Waals surface area contributed by atoms with Gasteiger partial charge in [0.2, 0.25) is 5.91 Å². The molecular formula is C15H11N3O3S. The van der Waals surface area contributed by atoms with Gasteiger partial charge >= 0.3 is 5.97 Å². The summed E-state index contributed by atoms with van der Waals surface area (Å²) in [7, 11) is 0. The van der Waals surface area contributed by atoms with Crippen LogP contribution in [-0.2, 0) is 9.59 Å². The van der Waals surface area contributed by atoms with E-state index in [-0.39, 0.29) is 0 Å². The van der Waals surface area contributed by atoms with Crippen molar-refractivity contribution in [3.63, 3.8) is 0 Å². The van der Waals surface area contributed by atoms with Crippen LogP contribution in [0.5, 0.6) is 0 Å². The van der Waals surface area contributed by atoms with Crippen molar-refractivity contribution >= 4 is 33.9 Å². The molecule has 0 unspecified atom stereocenters. The molecule has 0 saturated heterocycles. The molecule has 6 nitrogen and oxygen atoms in total. The lowest BCUT2D eigenvalue weighted by Gasteiger charge is -2.03. The van der Waals surface area contributed by atoms with E-state index in [1.54, 1.807) is 23.5 Å². The number of carbonyl (C=O) groups is 2. The van der Waals surface area contributed by atoms with E-state index in [1.165, 1.54) is 0 Å². The Morgan fingerprint density at radius 2 is 2.00 bits per heavy atom. The number of aliphatic carboxylic acids is 1. The summed E-state index contributed by atoms with van der Waals surface area (Å²) in [4.78, 5) is 27.2. The van der Waals surface area contributed by atoms with E-state index in [1.807, 2.05) is 34.3 Å². The zero-order valence-corrected chi connectivity index (χ0v) is 12.1. The Hall–Kier alpha value is -2.93. The summed E-state index contributed by atoms with van der Waals surface area (Å²) in [5.74, 6) is -1.65. The van der Waals surface area contributed by atoms with Crippen LogP contribution in [0.1, 0.15) is 0 Å². The summed E-state index contributed by atoms with van der Waals surface area (Å²) < 4.78 is 1.95. The van der Waals surface area contributed by atoms with Gasteiger partial charge < -0.3 is 10.4 Å². The maximum Gasteiger partial charge on any atom is 0.328 e. The molecule has 2 N–H and O–H groups in total. The zero-order valence-electron chi connectivity index (χ0n) is 11.3. The third-order valence-electron chi connectivity index (χ3n) is 2.92. The van der Waals surface area contributed by atoms with Crippen molar-refractivity contribution in [2.24, 2.45) is 0 Å². The second-order valence-electron chi connectivity index (χ2n) is 4.46. The first kappa shape index (κ1) is 14.0. The second kappa shape index (κ2) is 5.82. The lowest BCUT2D eigenvalue weighted by Crippen LogP contribution is -2.08. The lowest BCUT2D eigenvalue weighted by atomic mass is 10.1. The van der Waals surface area contributed by atoms with E-state index in [2.05, 4.69) is 10.3 Å². The summed E-state index contributed by atoms with van der Waals surface area (Å²) in [6, 6.07) is 7.19. The van der Waals surface area contributed by atoms with Gasteiger partial charge in [0.25, 0.3) is 0 Å². The average Bonchev–Trinajstić information content (AvgIpc) is 3.07. The van der Waals surface area contributed by atoms with Crippen molar-refractivity contribution in [1.82, 2.24) is 9.38 Å². The molecule has 3 aromatic rings. The van der Waals surface area contributed by atoms with Crippen molar-refractivity contribution in [2.75, 3.05) is 5.32 Å². The predicted molar refractivity (Wildman–Crippen MR) is 83.9 cm³/mol. The fraction of sp³-hybridized carbons (Fsp3) is 0. The Morgan fingerprint density at radius 3 is 2.68 bits per heavy atom. The number of fused-ring (bicyclic) bond motifs is 1. The number of amides is 1. The number of anilines is 1. The van der Waals surface area contributed by atoms with Crippen molar-refractivity contribution in [1.29, 1.82) is 0 Å². The molecule has 1 amide bonds. The summed E-state index contributed by atoms with van der Waals surface area (Å²) >= 11 is 1.56. The molecule has 3 rings (SSSR count). The number of benzene rings is 1. The molecule has 22 heavy (non-hydrogen) atoms. The number of imidazole rings is 1. The van der Waals surface area contributed by atoms with E-state index in [9.17, 15) is 9.59 Å². The number of aromatic nitrogens is 2. The van der Waals surface area contributed by atoms with Gasteiger partial charge in [-0.3, -0.25) is 9.20 Å². The van der Waals surface area contributed by atoms with Gasteiger partial charge in [0.1, 0.15) is 0 Å². The number of nitrogens with zero attached hydrogens (tertiary/aromatic N) is 2. The second-order valence-corrected chi connectivity index (χ2v) is 5.33. The number of nitrogens with one attached hydrogen (secondary N) is 1. The van der Waals surface area contributed by atoms with Gasteiger partial charge in [-0.05, 0) is 12.1 Å². The highest BCUT2D eigenvalue weighted by atomic mass is 32.1. The molecule has 0 aliphatic heterocycles. The van der Waals surface area contributed by atoms with Crippen molar-refractivity contribution in [3.05, 3.63) is 54.2 Å². The number of carbonyl (C=O) groups excluding carboxylic acids is 1. The minimum Gasteiger partial charge on any atom is -0.478 e. The van der Waals surface area contributed by atoms with Crippen LogP contribution in [0.3, 0.4) is 0 Å². The van der Waals surface area contributed by atoms with Gasteiger partial charge in [0, 0.05) is 41.2 Å². The van der Waals surface area contributed by atoms with E-state index >= 15 is 0 Å². The lowest BCUT2D eigenvalue weighted by molar-refractivity contribution is -0.131. The van der Waals surface area contributed by atoms with Crippen LogP contribution in [0, 0.1) is 0 Å². The molecule has 0 atom stereocenters. The average molecular weight is 313 g/mol. The number of carboxylic acids is 1. The molecule has 0 aliphatic rings. The number of hydrogen-bond acceptors (Lipinski definition) is 4. The normalized spacial score (nSPS) is 11.1. The van der Waals surface area contributed by atoms with Crippen molar-refractivity contribution in [3.8, 4) is 11.3 Å². The zero-order chi connectivity index (χ0) is 15.5. The summed E-state index contributed by atoms with van der Waals surface area (Å²) in [6.45, 7) is 0. The minimum absolute atomic E-state index is 0.488. The highest BCUT2D eigenvalue weighted by Gasteiger charge is 2.05. The molecule has 2 aromatic heterocycles. The number of thiazole rings is 1. The first-order valence-corrected chi connectivity index (χ1v) is 7.24. The molecule has 7 heteroatoms. The maximum atomic E-state index is 11.5. The number of rotatable bonds is 4. The van der Waals surface area contributed by atoms with E-state index in [0.29, 0.717) is 5.69 Å². The van der Waals surface area contributed by atoms with Gasteiger partial charge in [-0.1, -0.05) is 12.1 Å². The quantitative estimate of drug-likeness (QED) is 0.725. The molecular weight excluding hydrogens is 302 g/mol. The first-order chi connectivity index (χ1) is 10.6. The monoisotopic (exact) mass is 313 g/mol. The fourth-order valence-electron chi connectivity index (χ4n) is 1.92. The number of carboxylic acid groups (broad SMARTS) is 1. The van der Waals surface area contributed by atoms with E-state index in [0.717, 1.165) is 28.4 Å². The third-order valence-corrected chi connectivity index (χ3v) is 3.69. The largest absolute Gasteiger partial charge is 0.478 e. The Labute approximate surface area is 129 Å². The molecule has 0 spiro atoms. The molecule has 0 saturated carbocycles. The molecule has 0 bridgehead atoms. The third kappa shape index (κ3) is 3.04. The molecule has 0 fully saturated rings. The molecule has 110 valence electrons. The SMILES string of the molecule is O=C(O)C=CC(=O)Nc1ccc(-c2cn3ccsc3n2)cc1. The molecule has 1 aromatic carbocycles. The molecule has 2 heterocycles. The highest BCUT2D eigenvalue weighted by Crippen LogP contribution is 2.23. The summed E-state index contributed by atoms with van der Waals surface area (Å²) in [6.07, 6.45) is 5.65. The van der Waals surface area contributed by atoms with Crippen LogP contribution in [0.2, 0.25) is 0 Å². The fourth-order valence-corrected chi connectivity index (χ4v) is 2.62. The van der Waals surface area contributed by atoms with Crippen LogP contribution in [0.4, 0.5) is 5.69 Å². The van der Waals surface area contributed by atoms with Crippen LogP contribution in [0.25, 0.3) is 16.2 Å². The predicted octanol–water partition coefficient (Wildman–Crippen LogP) is 2.64. The first-order valence-electron chi connectivity index (χ1n) is 6.36. The van der Waals surface area contributed by atoms with Crippen LogP contribution in [0.15, 0.2) is 54.2 Å². The van der Waals surface area contributed by atoms with Gasteiger partial charge in [-0.2, -0.15) is 0 Å². The van der Waals surface area contributed by atoms with Gasteiger partial charge in [0.05, 0.1) is 5.69 Å². The highest BCUT2D eigenvalue weighted by molar-refractivity contribution is 7.15. The standard InChI is InChI=1S/C15H11N3O3S/c19-13(5-6-14(20)21)16-11-3-1-10(2-4-11)12-9-18-7-8-22-15(18)17-12/h1-9H,(H,16,19)(H,20,21). The van der Waals surface area contributed by atoms with Gasteiger partial charge in [0.15, 0.2) is 4.96 Å². The molecule has 0 radical (unpaired) electrons. The topological polar surface area (TPSA) is 83.7 Å². The van der Waals surface area contributed by atoms with Crippen molar-refractivity contribution < 1.29 is 14.7 Å². The van der Waals surface area contributed by atoms with Crippen LogP contribution < -0.4 is 5.32 Å². The van der Waals surface area contributed by atoms with Crippen LogP contribution >= 0.6 is 11.3 Å². The Bertz CT molecular complexity index is 833. The Morgan fingerprint density at radius 1 is 1.23 bits per heavy atom. The van der Waals surface area contributed by atoms with Crippen molar-refractivity contribution in [2.45, 2.75) is 0 Å². The van der Waals surface area contributed by atoms with Crippen LogP contribution in [-0.4, -0.2) is 26.4 Å². The van der Waals surface area contributed by atoms with Gasteiger partial charge in [-0.25, -0.2) is 9.78 Å². The summed E-state index contributed by atoms with van der Waals surface area (Å²) in [5.41, 5.74) is 2.38. The maximum absolute atomic E-state index is 11.5. The molecule has 0 aliphatic carbocycles. The number of hydrogen-bond donors (Lipinski definition) is 2. The smallest absolute Gasteiger partial charge is 0.328 e. The van der Waals surface area contributed by atoms with E-state index in [4.69, 9.17) is 5.11 Å². The Kier molecular flexibility index (Phi) is 3.71. The minimum atomic E-state index is -1.16. The Balaban J connectivity index is 1.73. The summed E-state index contributed by atoms with van der Waals surface area (Å²) in [5, 5.41) is 13.0. The van der Waals surface area contributed by atoms with E-state index < -0.39 is 11.9 Å².